The zero-order valence-electron chi connectivity index (χ0n) is 26.5. The molecule has 2 aromatic heterocycles. The highest BCUT2D eigenvalue weighted by atomic mass is 127. The number of unbranched alkanes of at least 4 members (excludes halogenated alkanes) is 1. The second kappa shape index (κ2) is 14.1. The number of aromatic nitrogens is 3. The fourth-order valence-electron chi connectivity index (χ4n) is 6.08. The van der Waals surface area contributed by atoms with E-state index in [1.807, 2.05) is 26.0 Å². The lowest BCUT2D eigenvalue weighted by Crippen LogP contribution is -2.35. The van der Waals surface area contributed by atoms with Crippen LogP contribution in [0.1, 0.15) is 63.3 Å². The van der Waals surface area contributed by atoms with Crippen LogP contribution in [0.5, 0.6) is 11.5 Å². The van der Waals surface area contributed by atoms with Crippen molar-refractivity contribution in [3.63, 3.8) is 0 Å². The molecule has 5 aromatic rings. The quantitative estimate of drug-likeness (QED) is 0.0575. The van der Waals surface area contributed by atoms with Crippen LogP contribution in [0, 0.1) is 20.6 Å². The number of fused-ring (bicyclic) bond motifs is 1. The third kappa shape index (κ3) is 7.52. The number of H-pyrrole nitrogens is 2. The first-order valence-corrected chi connectivity index (χ1v) is 16.6. The molecular formula is C36H39F2IN4O4. The van der Waals surface area contributed by atoms with E-state index in [0.29, 0.717) is 10.9 Å². The second-order valence-electron chi connectivity index (χ2n) is 12.9. The fourth-order valence-corrected chi connectivity index (χ4v) is 6.62. The number of rotatable bonds is 14. The maximum atomic E-state index is 15.3. The molecule has 2 heterocycles. The van der Waals surface area contributed by atoms with Crippen LogP contribution in [0.2, 0.25) is 0 Å². The Morgan fingerprint density at radius 2 is 1.83 bits per heavy atom. The van der Waals surface area contributed by atoms with Gasteiger partial charge in [0.05, 0.1) is 18.1 Å². The number of carboxylic acids is 1. The normalized spacial score (nSPS) is 13.9. The topological polar surface area (TPSA) is 137 Å². The minimum Gasteiger partial charge on any atom is -0.481 e. The molecule has 0 aliphatic carbocycles. The van der Waals surface area contributed by atoms with Gasteiger partial charge in [0.2, 0.25) is 0 Å². The summed E-state index contributed by atoms with van der Waals surface area (Å²) in [7, 11) is 0. The number of carboxylic acid groups (broad SMARTS) is 1. The third-order valence-electron chi connectivity index (χ3n) is 9.11. The Balaban J connectivity index is 1.45. The van der Waals surface area contributed by atoms with Gasteiger partial charge in [0.1, 0.15) is 17.4 Å². The number of aliphatic carboxylic acids is 1. The first-order chi connectivity index (χ1) is 22.3. The van der Waals surface area contributed by atoms with Gasteiger partial charge in [-0.15, -0.1) is 0 Å². The lowest BCUT2D eigenvalue weighted by molar-refractivity contribution is -0.136. The Morgan fingerprint density at radius 1 is 1.06 bits per heavy atom. The van der Waals surface area contributed by atoms with Crippen molar-refractivity contribution in [1.82, 2.24) is 15.0 Å². The standard InChI is InChI=1S/C36H39F2IN4O4/c1-35(2,31(44)19-40)12-4-5-13-36(3,21-7-6-8-22(39)15-21)30-20-42-34(43-30)26-16-23(9-10-27(26)37)47-33-25(17-32(45)46)24-11-14-41-29(24)18-28(33)38/h6-11,14-16,18,20,31,41,44H,4-5,12-13,17,19,40H2,1-3H3,(H,42,43)(H,45,46). The molecule has 6 N–H and O–H groups in total. The maximum absolute atomic E-state index is 15.3. The fraction of sp³-hybridized carbons (Fsp3) is 0.333. The van der Waals surface area contributed by atoms with E-state index in [4.69, 9.17) is 10.5 Å². The first-order valence-electron chi connectivity index (χ1n) is 15.5. The van der Waals surface area contributed by atoms with E-state index in [-0.39, 0.29) is 40.4 Å². The van der Waals surface area contributed by atoms with Crippen molar-refractivity contribution in [3.8, 4) is 22.9 Å². The van der Waals surface area contributed by atoms with E-state index >= 15 is 8.78 Å². The van der Waals surface area contributed by atoms with Gasteiger partial charge in [0.15, 0.2) is 11.6 Å². The molecule has 248 valence electrons. The van der Waals surface area contributed by atoms with Crippen LogP contribution in [0.3, 0.4) is 0 Å². The Morgan fingerprint density at radius 3 is 2.55 bits per heavy atom. The predicted octanol–water partition coefficient (Wildman–Crippen LogP) is 8.07. The predicted molar refractivity (Wildman–Crippen MR) is 187 cm³/mol. The van der Waals surface area contributed by atoms with E-state index in [2.05, 4.69) is 56.6 Å². The summed E-state index contributed by atoms with van der Waals surface area (Å²) < 4.78 is 37.6. The molecule has 0 amide bonds. The van der Waals surface area contributed by atoms with Crippen LogP contribution in [-0.4, -0.2) is 43.8 Å². The number of imidazole rings is 1. The molecule has 0 spiro atoms. The van der Waals surface area contributed by atoms with Crippen molar-refractivity contribution in [3.05, 3.63) is 99.0 Å². The van der Waals surface area contributed by atoms with E-state index in [0.717, 1.165) is 40.5 Å². The number of aromatic amines is 2. The number of hydrogen-bond acceptors (Lipinski definition) is 5. The number of aliphatic hydroxyl groups excluding tert-OH is 1. The minimum absolute atomic E-state index is 0.124. The third-order valence-corrected chi connectivity index (χ3v) is 9.78. The van der Waals surface area contributed by atoms with Crippen LogP contribution in [0.25, 0.3) is 22.3 Å². The summed E-state index contributed by atoms with van der Waals surface area (Å²) in [4.78, 5) is 22.5. The summed E-state index contributed by atoms with van der Waals surface area (Å²) in [5.74, 6) is -2.26. The first kappa shape index (κ1) is 34.5. The van der Waals surface area contributed by atoms with Crippen LogP contribution < -0.4 is 10.5 Å². The van der Waals surface area contributed by atoms with Gasteiger partial charge in [0.25, 0.3) is 0 Å². The van der Waals surface area contributed by atoms with Crippen molar-refractivity contribution in [2.45, 2.75) is 64.4 Å². The largest absolute Gasteiger partial charge is 0.481 e. The summed E-state index contributed by atoms with van der Waals surface area (Å²) in [5.41, 5.74) is 7.55. The Hall–Kier alpha value is -3.81. The molecule has 47 heavy (non-hydrogen) atoms. The molecule has 0 aliphatic heterocycles. The highest BCUT2D eigenvalue weighted by Crippen LogP contribution is 2.40. The number of carbonyl (C=O) groups is 1. The average molecular weight is 757 g/mol. The number of nitrogens with one attached hydrogen (secondary N) is 2. The Bertz CT molecular complexity index is 1890. The number of hydrogen-bond donors (Lipinski definition) is 5. The van der Waals surface area contributed by atoms with Gasteiger partial charge in [-0.2, -0.15) is 0 Å². The van der Waals surface area contributed by atoms with E-state index in [1.54, 1.807) is 18.5 Å². The minimum atomic E-state index is -1.14. The van der Waals surface area contributed by atoms with E-state index in [1.165, 1.54) is 24.3 Å². The molecule has 5 rings (SSSR count). The lowest BCUT2D eigenvalue weighted by Gasteiger charge is -2.32. The second-order valence-corrected chi connectivity index (χ2v) is 14.1. The highest BCUT2D eigenvalue weighted by Gasteiger charge is 2.32. The number of benzene rings is 3. The Kier molecular flexibility index (Phi) is 10.4. The molecule has 8 nitrogen and oxygen atoms in total. The number of nitrogens with two attached hydrogens (primary N) is 1. The maximum Gasteiger partial charge on any atom is 0.307 e. The zero-order valence-corrected chi connectivity index (χ0v) is 28.7. The molecule has 2 unspecified atom stereocenters. The van der Waals surface area contributed by atoms with Gasteiger partial charge in [0, 0.05) is 56.2 Å². The van der Waals surface area contributed by atoms with Crippen LogP contribution in [0.4, 0.5) is 8.78 Å². The van der Waals surface area contributed by atoms with E-state index in [9.17, 15) is 15.0 Å². The van der Waals surface area contributed by atoms with Crippen molar-refractivity contribution < 1.29 is 28.5 Å². The van der Waals surface area contributed by atoms with Gasteiger partial charge < -0.3 is 30.7 Å². The van der Waals surface area contributed by atoms with Crippen molar-refractivity contribution >= 4 is 39.5 Å². The molecule has 0 saturated heterocycles. The van der Waals surface area contributed by atoms with Crippen molar-refractivity contribution in [2.24, 2.45) is 11.1 Å². The molecule has 0 bridgehead atoms. The van der Waals surface area contributed by atoms with Gasteiger partial charge in [-0.1, -0.05) is 38.8 Å². The number of nitrogens with zero attached hydrogens (tertiary/aromatic N) is 1. The van der Waals surface area contributed by atoms with Crippen molar-refractivity contribution in [2.75, 3.05) is 6.54 Å². The molecule has 2 atom stereocenters. The van der Waals surface area contributed by atoms with Crippen LogP contribution >= 0.6 is 22.6 Å². The van der Waals surface area contributed by atoms with Crippen LogP contribution in [0.15, 0.2) is 67.0 Å². The molecule has 0 saturated carbocycles. The molecule has 0 radical (unpaired) electrons. The molecule has 0 aliphatic rings. The summed E-state index contributed by atoms with van der Waals surface area (Å²) in [6, 6.07) is 15.2. The summed E-state index contributed by atoms with van der Waals surface area (Å²) in [6.45, 7) is 6.40. The zero-order chi connectivity index (χ0) is 33.9. The van der Waals surface area contributed by atoms with Gasteiger partial charge in [-0.3, -0.25) is 4.79 Å². The van der Waals surface area contributed by atoms with E-state index < -0.39 is 35.5 Å². The number of ether oxygens (including phenoxy) is 1. The monoisotopic (exact) mass is 756 g/mol. The summed E-state index contributed by atoms with van der Waals surface area (Å²) in [6.07, 6.45) is 5.60. The Labute approximate surface area is 285 Å². The molecular weight excluding hydrogens is 717 g/mol. The smallest absolute Gasteiger partial charge is 0.307 e. The number of halogens is 3. The summed E-state index contributed by atoms with van der Waals surface area (Å²) >= 11 is 2.29. The average Bonchev–Trinajstić information content (AvgIpc) is 3.72. The van der Waals surface area contributed by atoms with Crippen molar-refractivity contribution in [1.29, 1.82) is 0 Å². The lowest BCUT2D eigenvalue weighted by atomic mass is 9.74. The molecule has 0 fully saturated rings. The molecule has 3 aromatic carbocycles. The highest BCUT2D eigenvalue weighted by molar-refractivity contribution is 14.1. The molecule has 11 heteroatoms. The SMILES string of the molecule is CC(CCCCC(C)(C)C(O)CN)(c1cccc(I)c1)c1cnc(-c2cc(Oc3c(F)cc4[nH]ccc4c3CC(=O)O)ccc2F)[nH]1. The van der Waals surface area contributed by atoms with Crippen LogP contribution in [-0.2, 0) is 16.6 Å². The van der Waals surface area contributed by atoms with Gasteiger partial charge >= 0.3 is 5.97 Å². The number of aliphatic hydroxyl groups is 1. The van der Waals surface area contributed by atoms with Gasteiger partial charge in [-0.05, 0) is 89.7 Å². The summed E-state index contributed by atoms with van der Waals surface area (Å²) in [5, 5.41) is 20.4. The van der Waals surface area contributed by atoms with Gasteiger partial charge in [-0.25, -0.2) is 13.8 Å².